The lowest BCUT2D eigenvalue weighted by atomic mass is 9.77. The zero-order valence-corrected chi connectivity index (χ0v) is 37.8. The molecular formula is C64H51N3. The summed E-state index contributed by atoms with van der Waals surface area (Å²) < 4.78 is 0. The van der Waals surface area contributed by atoms with Gasteiger partial charge in [0.25, 0.3) is 0 Å². The van der Waals surface area contributed by atoms with Crippen molar-refractivity contribution in [3.05, 3.63) is 278 Å². The van der Waals surface area contributed by atoms with Gasteiger partial charge in [-0.3, -0.25) is 0 Å². The minimum Gasteiger partial charge on any atom is -0.333 e. The average Bonchev–Trinajstić information content (AvgIpc) is 3.64. The van der Waals surface area contributed by atoms with E-state index in [1.54, 1.807) is 0 Å². The van der Waals surface area contributed by atoms with Crippen LogP contribution in [-0.2, 0) is 5.41 Å². The van der Waals surface area contributed by atoms with E-state index < -0.39 is 0 Å². The maximum atomic E-state index is 2.53. The summed E-state index contributed by atoms with van der Waals surface area (Å²) in [5.74, 6) is 0. The summed E-state index contributed by atoms with van der Waals surface area (Å²) in [6.45, 7) is 4.75. The van der Waals surface area contributed by atoms with Gasteiger partial charge in [-0.15, -0.1) is 0 Å². The molecule has 10 aromatic carbocycles. The van der Waals surface area contributed by atoms with Crippen molar-refractivity contribution in [3.63, 3.8) is 0 Å². The summed E-state index contributed by atoms with van der Waals surface area (Å²) in [7, 11) is 0. The van der Waals surface area contributed by atoms with Crippen molar-refractivity contribution < 1.29 is 0 Å². The first-order chi connectivity index (χ1) is 33.0. The molecule has 1 aliphatic heterocycles. The SMILES string of the molecule is CC1(C)c2ccccc2N(c2ccc(-c3ccc(-c4ccc(N(c5ccc(-c6ccccc6)cc5)c5ccc(N(c6ccccc6)c6ccccc6)cc5)cc4)cc3)cc2)C1c1ccccc1. The zero-order chi connectivity index (χ0) is 45.2. The Bertz CT molecular complexity index is 3170. The van der Waals surface area contributed by atoms with Gasteiger partial charge in [0.1, 0.15) is 0 Å². The summed E-state index contributed by atoms with van der Waals surface area (Å²) in [6.07, 6.45) is 0. The number of fused-ring (bicyclic) bond motifs is 1. The van der Waals surface area contributed by atoms with Gasteiger partial charge in [-0.1, -0.05) is 190 Å². The third-order valence-electron chi connectivity index (χ3n) is 13.4. The summed E-state index contributed by atoms with van der Waals surface area (Å²) in [5, 5.41) is 0. The molecule has 3 heteroatoms. The Kier molecular flexibility index (Phi) is 11.0. The van der Waals surface area contributed by atoms with Crippen LogP contribution in [-0.4, -0.2) is 0 Å². The first kappa shape index (κ1) is 41.3. The second-order valence-corrected chi connectivity index (χ2v) is 17.9. The summed E-state index contributed by atoms with van der Waals surface area (Å²) in [4.78, 5) is 7.17. The maximum Gasteiger partial charge on any atom is 0.0683 e. The van der Waals surface area contributed by atoms with E-state index in [1.807, 2.05) is 0 Å². The molecule has 0 saturated carbocycles. The first-order valence-electron chi connectivity index (χ1n) is 23.2. The van der Waals surface area contributed by atoms with Crippen LogP contribution in [0.1, 0.15) is 31.0 Å². The molecule has 10 aromatic rings. The second kappa shape index (κ2) is 17.9. The molecule has 0 amide bonds. The van der Waals surface area contributed by atoms with Crippen LogP contribution in [0.5, 0.6) is 0 Å². The van der Waals surface area contributed by atoms with E-state index in [1.165, 1.54) is 55.9 Å². The van der Waals surface area contributed by atoms with E-state index >= 15 is 0 Å². The lowest BCUT2D eigenvalue weighted by Crippen LogP contribution is -2.30. The molecule has 1 aliphatic rings. The van der Waals surface area contributed by atoms with Crippen LogP contribution < -0.4 is 14.7 Å². The molecular weight excluding hydrogens is 811 g/mol. The van der Waals surface area contributed by atoms with Crippen molar-refractivity contribution in [1.29, 1.82) is 0 Å². The highest BCUT2D eigenvalue weighted by Crippen LogP contribution is 2.55. The summed E-state index contributed by atoms with van der Waals surface area (Å²) in [5.41, 5.74) is 18.8. The lowest BCUT2D eigenvalue weighted by molar-refractivity contribution is 0.449. The lowest BCUT2D eigenvalue weighted by Gasteiger charge is -2.35. The molecule has 3 nitrogen and oxygen atoms in total. The van der Waals surface area contributed by atoms with E-state index in [0.29, 0.717) is 0 Å². The molecule has 67 heavy (non-hydrogen) atoms. The third kappa shape index (κ3) is 8.06. The number of rotatable bonds is 11. The van der Waals surface area contributed by atoms with E-state index in [2.05, 4.69) is 295 Å². The van der Waals surface area contributed by atoms with Crippen LogP contribution in [0.3, 0.4) is 0 Å². The van der Waals surface area contributed by atoms with Crippen LogP contribution in [0.4, 0.5) is 45.5 Å². The second-order valence-electron chi connectivity index (χ2n) is 17.9. The fourth-order valence-electron chi connectivity index (χ4n) is 10.0. The Morgan fingerprint density at radius 1 is 0.299 bits per heavy atom. The number of para-hydroxylation sites is 3. The number of nitrogens with zero attached hydrogens (tertiary/aromatic N) is 3. The molecule has 0 saturated heterocycles. The van der Waals surface area contributed by atoms with Crippen LogP contribution in [0.25, 0.3) is 33.4 Å². The zero-order valence-electron chi connectivity index (χ0n) is 37.8. The van der Waals surface area contributed by atoms with Crippen molar-refractivity contribution in [3.8, 4) is 33.4 Å². The maximum absolute atomic E-state index is 2.53. The molecule has 0 radical (unpaired) electrons. The Hall–Kier alpha value is -8.40. The molecule has 322 valence electrons. The van der Waals surface area contributed by atoms with Gasteiger partial charge < -0.3 is 14.7 Å². The number of hydrogen-bond donors (Lipinski definition) is 0. The predicted octanol–water partition coefficient (Wildman–Crippen LogP) is 17.8. The van der Waals surface area contributed by atoms with Crippen LogP contribution in [0.2, 0.25) is 0 Å². The molecule has 0 aliphatic carbocycles. The van der Waals surface area contributed by atoms with Crippen LogP contribution >= 0.6 is 0 Å². The fraction of sp³-hybridized carbons (Fsp3) is 0.0625. The largest absolute Gasteiger partial charge is 0.333 e. The molecule has 1 heterocycles. The Balaban J connectivity index is 0.874. The van der Waals surface area contributed by atoms with Gasteiger partial charge in [0, 0.05) is 50.9 Å². The van der Waals surface area contributed by atoms with Crippen molar-refractivity contribution in [1.82, 2.24) is 0 Å². The van der Waals surface area contributed by atoms with E-state index in [-0.39, 0.29) is 11.5 Å². The highest BCUT2D eigenvalue weighted by molar-refractivity contribution is 5.84. The van der Waals surface area contributed by atoms with Gasteiger partial charge >= 0.3 is 0 Å². The van der Waals surface area contributed by atoms with Gasteiger partial charge in [0.2, 0.25) is 0 Å². The van der Waals surface area contributed by atoms with Crippen LogP contribution in [0.15, 0.2) is 267 Å². The third-order valence-corrected chi connectivity index (χ3v) is 13.4. The molecule has 1 atom stereocenters. The molecule has 0 bridgehead atoms. The van der Waals surface area contributed by atoms with Crippen molar-refractivity contribution in [2.24, 2.45) is 0 Å². The van der Waals surface area contributed by atoms with Gasteiger partial charge in [0.05, 0.1) is 6.04 Å². The highest BCUT2D eigenvalue weighted by atomic mass is 15.2. The van der Waals surface area contributed by atoms with E-state index in [9.17, 15) is 0 Å². The number of benzene rings is 10. The quantitative estimate of drug-likeness (QED) is 0.128. The molecule has 0 spiro atoms. The standard InChI is InChI=1S/C64H51N3/c1-64(2)61-25-15-16-26-62(61)67(63(64)53-19-9-4-10-20-53)60-41-35-52(36-42-60)49-29-27-48(28-30-49)51-33-39-57(40-34-51)66(56-37-31-50(32-38-56)47-17-7-3-8-18-47)59-45-43-58(44-46-59)65(54-21-11-5-12-22-54)55-23-13-6-14-24-55/h3-46,63H,1-2H3. The molecule has 1 unspecified atom stereocenters. The van der Waals surface area contributed by atoms with Crippen LogP contribution in [0, 0.1) is 0 Å². The van der Waals surface area contributed by atoms with Gasteiger partial charge in [0.15, 0.2) is 0 Å². The molecule has 11 rings (SSSR count). The molecule has 0 N–H and O–H groups in total. The average molecular weight is 862 g/mol. The molecule has 0 aromatic heterocycles. The first-order valence-corrected chi connectivity index (χ1v) is 23.2. The topological polar surface area (TPSA) is 9.72 Å². The smallest absolute Gasteiger partial charge is 0.0683 e. The summed E-state index contributed by atoms with van der Waals surface area (Å²) in [6, 6.07) is 96.5. The normalized spacial score (nSPS) is 13.8. The minimum absolute atomic E-state index is 0.0589. The Morgan fingerprint density at radius 3 is 1.03 bits per heavy atom. The van der Waals surface area contributed by atoms with Gasteiger partial charge in [-0.05, 0) is 136 Å². The monoisotopic (exact) mass is 861 g/mol. The predicted molar refractivity (Wildman–Crippen MR) is 283 cm³/mol. The van der Waals surface area contributed by atoms with Gasteiger partial charge in [-0.25, -0.2) is 0 Å². The number of hydrogen-bond acceptors (Lipinski definition) is 3. The fourth-order valence-corrected chi connectivity index (χ4v) is 10.0. The minimum atomic E-state index is -0.0589. The highest BCUT2D eigenvalue weighted by Gasteiger charge is 2.45. The van der Waals surface area contributed by atoms with Gasteiger partial charge in [-0.2, -0.15) is 0 Å². The van der Waals surface area contributed by atoms with Crippen molar-refractivity contribution >= 4 is 45.5 Å². The van der Waals surface area contributed by atoms with E-state index in [0.717, 1.165) is 34.1 Å². The summed E-state index contributed by atoms with van der Waals surface area (Å²) >= 11 is 0. The Labute approximate surface area is 395 Å². The Morgan fingerprint density at radius 2 is 0.597 bits per heavy atom. The van der Waals surface area contributed by atoms with Crippen molar-refractivity contribution in [2.75, 3.05) is 14.7 Å². The molecule has 0 fully saturated rings. The number of anilines is 8. The van der Waals surface area contributed by atoms with Crippen molar-refractivity contribution in [2.45, 2.75) is 25.3 Å². The van der Waals surface area contributed by atoms with E-state index in [4.69, 9.17) is 0 Å².